The molecule has 4 rings (SSSR count). The Hall–Kier alpha value is -1.92. The van der Waals surface area contributed by atoms with Gasteiger partial charge >= 0.3 is 0 Å². The number of benzene rings is 2. The first kappa shape index (κ1) is 18.4. The van der Waals surface area contributed by atoms with E-state index in [1.54, 1.807) is 0 Å². The smallest absolute Gasteiger partial charge is 0.176 e. The first-order valence-electron chi connectivity index (χ1n) is 8.91. The van der Waals surface area contributed by atoms with Gasteiger partial charge in [-0.15, -0.1) is 0 Å². The highest BCUT2D eigenvalue weighted by atomic mass is 79.9. The van der Waals surface area contributed by atoms with E-state index in [9.17, 15) is 0 Å². The van der Waals surface area contributed by atoms with E-state index in [1.807, 2.05) is 12.4 Å². The Balaban J connectivity index is 1.57. The number of hydrogen-bond acceptors (Lipinski definition) is 3. The van der Waals surface area contributed by atoms with Gasteiger partial charge in [0.15, 0.2) is 11.7 Å². The van der Waals surface area contributed by atoms with Gasteiger partial charge in [-0.25, -0.2) is 4.98 Å². The van der Waals surface area contributed by atoms with Gasteiger partial charge in [0.25, 0.3) is 0 Å². The normalized spacial score (nSPS) is 16.6. The van der Waals surface area contributed by atoms with Crippen LogP contribution in [0, 0.1) is 0 Å². The zero-order valence-corrected chi connectivity index (χ0v) is 18.2. The molecule has 4 nitrogen and oxygen atoms in total. The summed E-state index contributed by atoms with van der Waals surface area (Å²) in [5.74, 6) is 1.91. The van der Waals surface area contributed by atoms with Crippen molar-refractivity contribution in [1.82, 2.24) is 14.5 Å². The van der Waals surface area contributed by atoms with Crippen LogP contribution in [0.5, 0.6) is 0 Å². The predicted octanol–water partition coefficient (Wildman–Crippen LogP) is 5.11. The summed E-state index contributed by atoms with van der Waals surface area (Å²) in [6, 6.07) is 17.1. The van der Waals surface area contributed by atoms with E-state index in [0.29, 0.717) is 0 Å². The molecular weight excluding hydrogens is 468 g/mol. The van der Waals surface area contributed by atoms with Crippen LogP contribution >= 0.6 is 31.9 Å². The number of hydrogen-bond donors (Lipinski definition) is 0. The van der Waals surface area contributed by atoms with Crippen LogP contribution in [0.3, 0.4) is 0 Å². The molecule has 1 aliphatic rings. The molecule has 0 spiro atoms. The van der Waals surface area contributed by atoms with Crippen molar-refractivity contribution in [2.24, 2.45) is 4.99 Å². The van der Waals surface area contributed by atoms with Gasteiger partial charge in [0.2, 0.25) is 0 Å². The molecule has 0 radical (unpaired) electrons. The van der Waals surface area contributed by atoms with Crippen molar-refractivity contribution in [2.45, 2.75) is 26.1 Å². The van der Waals surface area contributed by atoms with Crippen molar-refractivity contribution in [3.63, 3.8) is 0 Å². The highest BCUT2D eigenvalue weighted by molar-refractivity contribution is 9.10. The van der Waals surface area contributed by atoms with Gasteiger partial charge in [0.05, 0.1) is 6.04 Å². The summed E-state index contributed by atoms with van der Waals surface area (Å²) in [7, 11) is 0. The minimum Gasteiger partial charge on any atom is -0.347 e. The largest absolute Gasteiger partial charge is 0.347 e. The molecule has 1 aromatic heterocycles. The lowest BCUT2D eigenvalue weighted by Gasteiger charge is -2.21. The summed E-state index contributed by atoms with van der Waals surface area (Å²) >= 11 is 7.00. The van der Waals surface area contributed by atoms with Gasteiger partial charge < -0.3 is 9.47 Å². The number of amidine groups is 1. The average Bonchev–Trinajstić information content (AvgIpc) is 3.25. The second-order valence-electron chi connectivity index (χ2n) is 6.81. The number of halogens is 2. The third-order valence-corrected chi connectivity index (χ3v) is 5.65. The monoisotopic (exact) mass is 486 g/mol. The molecule has 0 N–H and O–H groups in total. The first-order valence-corrected chi connectivity index (χ1v) is 10.5. The molecule has 0 saturated carbocycles. The average molecular weight is 488 g/mol. The number of aromatic nitrogens is 2. The molecule has 0 saturated heterocycles. The maximum absolute atomic E-state index is 4.88. The van der Waals surface area contributed by atoms with Gasteiger partial charge in [0, 0.05) is 41.0 Å². The van der Waals surface area contributed by atoms with Crippen molar-refractivity contribution >= 4 is 37.7 Å². The van der Waals surface area contributed by atoms with Crippen LogP contribution in [0.25, 0.3) is 0 Å². The second-order valence-corrected chi connectivity index (χ2v) is 8.65. The standard InChI is InChI=1S/C21H20Br2N4/c1-15-12-27(14-17-4-8-19(23)9-5-17)21(25-15)20-24-10-11-26(20)13-16-2-6-18(22)7-3-16/h2-11,15H,12-14H2,1H3. The van der Waals surface area contributed by atoms with E-state index >= 15 is 0 Å². The van der Waals surface area contributed by atoms with Crippen molar-refractivity contribution in [1.29, 1.82) is 0 Å². The Morgan fingerprint density at radius 2 is 1.52 bits per heavy atom. The third-order valence-electron chi connectivity index (χ3n) is 4.60. The fourth-order valence-corrected chi connectivity index (χ4v) is 3.84. The van der Waals surface area contributed by atoms with E-state index in [-0.39, 0.29) is 6.04 Å². The van der Waals surface area contributed by atoms with E-state index in [4.69, 9.17) is 4.99 Å². The summed E-state index contributed by atoms with van der Waals surface area (Å²) in [5.41, 5.74) is 2.51. The number of aliphatic imine (C=N–C) groups is 1. The fourth-order valence-electron chi connectivity index (χ4n) is 3.31. The number of nitrogens with zero attached hydrogens (tertiary/aromatic N) is 4. The Morgan fingerprint density at radius 1 is 0.926 bits per heavy atom. The third kappa shape index (κ3) is 4.33. The predicted molar refractivity (Wildman–Crippen MR) is 116 cm³/mol. The quantitative estimate of drug-likeness (QED) is 0.501. The van der Waals surface area contributed by atoms with Crippen LogP contribution in [0.15, 0.2) is 74.9 Å². The first-order chi connectivity index (χ1) is 13.1. The van der Waals surface area contributed by atoms with Crippen molar-refractivity contribution in [3.05, 3.63) is 86.8 Å². The minimum atomic E-state index is 0.272. The molecule has 0 amide bonds. The van der Waals surface area contributed by atoms with Gasteiger partial charge in [-0.1, -0.05) is 56.1 Å². The maximum Gasteiger partial charge on any atom is 0.176 e. The second kappa shape index (κ2) is 7.98. The summed E-state index contributed by atoms with van der Waals surface area (Å²) in [6.07, 6.45) is 3.89. The van der Waals surface area contributed by atoms with Crippen LogP contribution in [0.4, 0.5) is 0 Å². The fraction of sp³-hybridized carbons (Fsp3) is 0.238. The molecule has 27 heavy (non-hydrogen) atoms. The highest BCUT2D eigenvalue weighted by Crippen LogP contribution is 2.20. The molecule has 6 heteroatoms. The van der Waals surface area contributed by atoms with Crippen LogP contribution in [0.2, 0.25) is 0 Å². The van der Waals surface area contributed by atoms with Crippen LogP contribution in [-0.2, 0) is 13.1 Å². The molecule has 1 unspecified atom stereocenters. The molecule has 3 aromatic rings. The zero-order valence-electron chi connectivity index (χ0n) is 15.0. The molecule has 2 aromatic carbocycles. The molecule has 0 fully saturated rings. The van der Waals surface area contributed by atoms with E-state index in [2.05, 4.69) is 102 Å². The van der Waals surface area contributed by atoms with E-state index < -0.39 is 0 Å². The highest BCUT2D eigenvalue weighted by Gasteiger charge is 2.26. The van der Waals surface area contributed by atoms with Gasteiger partial charge in [0.1, 0.15) is 0 Å². The van der Waals surface area contributed by atoms with E-state index in [1.165, 1.54) is 11.1 Å². The lowest BCUT2D eigenvalue weighted by Crippen LogP contribution is -2.31. The maximum atomic E-state index is 4.88. The van der Waals surface area contributed by atoms with E-state index in [0.717, 1.165) is 40.2 Å². The molecule has 1 aliphatic heterocycles. The Bertz CT molecular complexity index is 945. The Morgan fingerprint density at radius 3 is 2.15 bits per heavy atom. The minimum absolute atomic E-state index is 0.272. The summed E-state index contributed by atoms with van der Waals surface area (Å²) in [5, 5.41) is 0. The van der Waals surface area contributed by atoms with Crippen LogP contribution in [-0.4, -0.2) is 32.9 Å². The van der Waals surface area contributed by atoms with Gasteiger partial charge in [-0.3, -0.25) is 4.99 Å². The SMILES string of the molecule is CC1CN(Cc2ccc(Br)cc2)C(c2nccn2Cc2ccc(Br)cc2)=N1. The topological polar surface area (TPSA) is 33.4 Å². The van der Waals surface area contributed by atoms with Crippen molar-refractivity contribution < 1.29 is 0 Å². The molecule has 1 atom stereocenters. The Labute approximate surface area is 176 Å². The van der Waals surface area contributed by atoms with Crippen molar-refractivity contribution in [3.8, 4) is 0 Å². The molecule has 138 valence electrons. The van der Waals surface area contributed by atoms with Crippen LogP contribution < -0.4 is 0 Å². The summed E-state index contributed by atoms with van der Waals surface area (Å²) < 4.78 is 4.36. The van der Waals surface area contributed by atoms with Crippen LogP contribution in [0.1, 0.15) is 23.9 Å². The van der Waals surface area contributed by atoms with Gasteiger partial charge in [-0.2, -0.15) is 0 Å². The van der Waals surface area contributed by atoms with Gasteiger partial charge in [-0.05, 0) is 42.3 Å². The lowest BCUT2D eigenvalue weighted by molar-refractivity contribution is 0.423. The lowest BCUT2D eigenvalue weighted by atomic mass is 10.2. The summed E-state index contributed by atoms with van der Waals surface area (Å²) in [4.78, 5) is 11.8. The number of imidazole rings is 1. The molecule has 0 aliphatic carbocycles. The zero-order chi connectivity index (χ0) is 18.8. The molecular formula is C21H20Br2N4. The Kier molecular flexibility index (Phi) is 5.45. The number of rotatable bonds is 5. The molecule has 2 heterocycles. The van der Waals surface area contributed by atoms with Crippen molar-refractivity contribution in [2.75, 3.05) is 6.54 Å². The molecule has 0 bridgehead atoms. The summed E-state index contributed by atoms with van der Waals surface area (Å²) in [6.45, 7) is 4.68.